The van der Waals surface area contributed by atoms with Crippen LogP contribution in [-0.2, 0) is 17.0 Å². The molecule has 0 aliphatic rings. The second-order valence-electron chi connectivity index (χ2n) is 6.25. The third-order valence-electron chi connectivity index (χ3n) is 4.40. The zero-order valence-corrected chi connectivity index (χ0v) is 17.5. The van der Waals surface area contributed by atoms with Crippen LogP contribution in [0.1, 0.15) is 12.0 Å². The third kappa shape index (κ3) is 5.07. The summed E-state index contributed by atoms with van der Waals surface area (Å²) in [4.78, 5) is 0. The van der Waals surface area contributed by atoms with Crippen LogP contribution in [0.3, 0.4) is 0 Å². The highest BCUT2D eigenvalue weighted by Gasteiger charge is 2.17. The molecule has 0 N–H and O–H groups in total. The number of hydrogen-bond acceptors (Lipinski definition) is 6. The van der Waals surface area contributed by atoms with Gasteiger partial charge in [-0.15, -0.1) is 10.2 Å². The van der Waals surface area contributed by atoms with Crippen LogP contribution < -0.4 is 9.47 Å². The summed E-state index contributed by atoms with van der Waals surface area (Å²) in [5.41, 5.74) is 1.50. The van der Waals surface area contributed by atoms with Crippen molar-refractivity contribution >= 4 is 11.8 Å². The predicted octanol–water partition coefficient (Wildman–Crippen LogP) is 4.43. The summed E-state index contributed by atoms with van der Waals surface area (Å²) in [6, 6.07) is 12.4. The number of hydrogen-bond donors (Lipinski definition) is 0. The number of methoxy groups -OCH3 is 3. The number of aromatic nitrogens is 3. The van der Waals surface area contributed by atoms with Crippen molar-refractivity contribution in [1.82, 2.24) is 14.8 Å². The largest absolute Gasteiger partial charge is 0.493 e. The van der Waals surface area contributed by atoms with Crippen molar-refractivity contribution < 1.29 is 18.6 Å². The molecule has 2 aromatic carbocycles. The van der Waals surface area contributed by atoms with Crippen molar-refractivity contribution in [1.29, 1.82) is 0 Å². The van der Waals surface area contributed by atoms with Gasteiger partial charge in [0.05, 0.1) is 14.2 Å². The summed E-state index contributed by atoms with van der Waals surface area (Å²) in [7, 11) is 4.87. The van der Waals surface area contributed by atoms with E-state index in [0.29, 0.717) is 36.0 Å². The molecular weight excluding hydrogens is 393 g/mol. The third-order valence-corrected chi connectivity index (χ3v) is 5.42. The van der Waals surface area contributed by atoms with Crippen molar-refractivity contribution in [3.63, 3.8) is 0 Å². The Kier molecular flexibility index (Phi) is 7.48. The van der Waals surface area contributed by atoms with Crippen LogP contribution in [0.15, 0.2) is 47.6 Å². The molecule has 3 aromatic rings. The lowest BCUT2D eigenvalue weighted by molar-refractivity contribution is 0.189. The molecule has 3 rings (SSSR count). The van der Waals surface area contributed by atoms with Crippen LogP contribution in [0.5, 0.6) is 11.5 Å². The Morgan fingerprint density at radius 1 is 1.00 bits per heavy atom. The molecule has 6 nitrogen and oxygen atoms in total. The minimum Gasteiger partial charge on any atom is -0.493 e. The molecule has 0 bridgehead atoms. The fraction of sp³-hybridized carbons (Fsp3) is 0.333. The molecular formula is C21H24FN3O3S. The van der Waals surface area contributed by atoms with Crippen LogP contribution in [0, 0.1) is 5.82 Å². The first kappa shape index (κ1) is 21.1. The second kappa shape index (κ2) is 10.3. The van der Waals surface area contributed by atoms with Crippen molar-refractivity contribution in [2.45, 2.75) is 23.9 Å². The van der Waals surface area contributed by atoms with E-state index >= 15 is 0 Å². The van der Waals surface area contributed by atoms with E-state index in [0.717, 1.165) is 23.0 Å². The average molecular weight is 418 g/mol. The average Bonchev–Trinajstić information content (AvgIpc) is 3.15. The molecule has 0 fully saturated rings. The maximum atomic E-state index is 14.0. The van der Waals surface area contributed by atoms with Gasteiger partial charge in [0, 0.05) is 31.6 Å². The van der Waals surface area contributed by atoms with Crippen LogP contribution in [0.4, 0.5) is 4.39 Å². The molecule has 0 spiro atoms. The fourth-order valence-corrected chi connectivity index (χ4v) is 3.86. The number of halogens is 1. The van der Waals surface area contributed by atoms with E-state index in [1.54, 1.807) is 33.5 Å². The monoisotopic (exact) mass is 417 g/mol. The summed E-state index contributed by atoms with van der Waals surface area (Å²) in [5.74, 6) is 2.25. The van der Waals surface area contributed by atoms with Gasteiger partial charge in [-0.05, 0) is 36.2 Å². The summed E-state index contributed by atoms with van der Waals surface area (Å²) in [6.07, 6.45) is 0.808. The van der Waals surface area contributed by atoms with Crippen molar-refractivity contribution in [2.75, 3.05) is 27.9 Å². The molecule has 1 heterocycles. The molecule has 0 saturated heterocycles. The number of ether oxygens (including phenoxy) is 3. The lowest BCUT2D eigenvalue weighted by Gasteiger charge is -2.12. The second-order valence-corrected chi connectivity index (χ2v) is 7.20. The molecule has 0 aliphatic carbocycles. The van der Waals surface area contributed by atoms with Gasteiger partial charge in [0.25, 0.3) is 0 Å². The van der Waals surface area contributed by atoms with Crippen molar-refractivity contribution in [3.05, 3.63) is 53.8 Å². The summed E-state index contributed by atoms with van der Waals surface area (Å²) >= 11 is 1.46. The molecule has 0 aliphatic heterocycles. The SMILES string of the molecule is COCCCn1c(SCc2ccccc2F)nnc1-c1ccc(OC)c(OC)c1. The Morgan fingerprint density at radius 2 is 1.79 bits per heavy atom. The van der Waals surface area contributed by atoms with Gasteiger partial charge in [-0.3, -0.25) is 0 Å². The van der Waals surface area contributed by atoms with E-state index < -0.39 is 0 Å². The zero-order valence-electron chi connectivity index (χ0n) is 16.7. The molecule has 0 atom stereocenters. The molecule has 0 amide bonds. The summed E-state index contributed by atoms with van der Waals surface area (Å²) in [5, 5.41) is 9.48. The van der Waals surface area contributed by atoms with E-state index in [2.05, 4.69) is 10.2 Å². The maximum absolute atomic E-state index is 14.0. The van der Waals surface area contributed by atoms with E-state index in [-0.39, 0.29) is 5.82 Å². The summed E-state index contributed by atoms with van der Waals surface area (Å²) < 4.78 is 31.9. The Hall–Kier alpha value is -2.58. The fourth-order valence-electron chi connectivity index (χ4n) is 2.91. The standard InChI is InChI=1S/C21H24FN3O3S/c1-26-12-6-11-25-20(15-9-10-18(27-2)19(13-15)28-3)23-24-21(25)29-14-16-7-4-5-8-17(16)22/h4-5,7-10,13H,6,11-12,14H2,1-3H3. The highest BCUT2D eigenvalue weighted by atomic mass is 32.2. The first-order chi connectivity index (χ1) is 14.2. The van der Waals surface area contributed by atoms with E-state index in [1.807, 2.05) is 28.8 Å². The van der Waals surface area contributed by atoms with E-state index in [1.165, 1.54) is 17.8 Å². The molecule has 29 heavy (non-hydrogen) atoms. The van der Waals surface area contributed by atoms with Crippen molar-refractivity contribution in [3.8, 4) is 22.9 Å². The van der Waals surface area contributed by atoms with Gasteiger partial charge >= 0.3 is 0 Å². The van der Waals surface area contributed by atoms with E-state index in [4.69, 9.17) is 14.2 Å². The molecule has 8 heteroatoms. The molecule has 0 unspecified atom stereocenters. The normalized spacial score (nSPS) is 10.9. The van der Waals surface area contributed by atoms with E-state index in [9.17, 15) is 4.39 Å². The Bertz CT molecular complexity index is 949. The van der Waals surface area contributed by atoms with Crippen LogP contribution >= 0.6 is 11.8 Å². The van der Waals surface area contributed by atoms with Gasteiger partial charge in [0.15, 0.2) is 22.5 Å². The zero-order chi connectivity index (χ0) is 20.6. The topological polar surface area (TPSA) is 58.4 Å². The molecule has 0 radical (unpaired) electrons. The number of nitrogens with zero attached hydrogens (tertiary/aromatic N) is 3. The minimum atomic E-state index is -0.217. The molecule has 154 valence electrons. The van der Waals surface area contributed by atoms with Crippen LogP contribution in [0.2, 0.25) is 0 Å². The smallest absolute Gasteiger partial charge is 0.191 e. The first-order valence-electron chi connectivity index (χ1n) is 9.18. The van der Waals surface area contributed by atoms with Gasteiger partial charge in [-0.1, -0.05) is 30.0 Å². The number of benzene rings is 2. The molecule has 1 aromatic heterocycles. The molecule has 0 saturated carbocycles. The first-order valence-corrected chi connectivity index (χ1v) is 10.2. The lowest BCUT2D eigenvalue weighted by Crippen LogP contribution is -2.05. The number of rotatable bonds is 10. The lowest BCUT2D eigenvalue weighted by atomic mass is 10.2. The Labute approximate surface area is 174 Å². The summed E-state index contributed by atoms with van der Waals surface area (Å²) in [6.45, 7) is 1.31. The van der Waals surface area contributed by atoms with Gasteiger partial charge in [-0.2, -0.15) is 0 Å². The quantitative estimate of drug-likeness (QED) is 0.359. The van der Waals surface area contributed by atoms with Crippen molar-refractivity contribution in [2.24, 2.45) is 0 Å². The Morgan fingerprint density at radius 3 is 2.52 bits per heavy atom. The highest BCUT2D eigenvalue weighted by Crippen LogP contribution is 2.33. The van der Waals surface area contributed by atoms with Crippen LogP contribution in [-0.4, -0.2) is 42.7 Å². The predicted molar refractivity (Wildman–Crippen MR) is 111 cm³/mol. The van der Waals surface area contributed by atoms with Gasteiger partial charge in [0.2, 0.25) is 0 Å². The van der Waals surface area contributed by atoms with Gasteiger partial charge in [0.1, 0.15) is 5.82 Å². The van der Waals surface area contributed by atoms with Gasteiger partial charge in [-0.25, -0.2) is 4.39 Å². The maximum Gasteiger partial charge on any atom is 0.191 e. The number of thioether (sulfide) groups is 1. The highest BCUT2D eigenvalue weighted by molar-refractivity contribution is 7.98. The van der Waals surface area contributed by atoms with Crippen LogP contribution in [0.25, 0.3) is 11.4 Å². The Balaban J connectivity index is 1.90. The minimum absolute atomic E-state index is 0.217. The van der Waals surface area contributed by atoms with Gasteiger partial charge < -0.3 is 18.8 Å².